The summed E-state index contributed by atoms with van der Waals surface area (Å²) in [6.07, 6.45) is 0.996. The summed E-state index contributed by atoms with van der Waals surface area (Å²) in [5, 5.41) is 2.70. The van der Waals surface area contributed by atoms with E-state index in [0.29, 0.717) is 12.8 Å². The van der Waals surface area contributed by atoms with Gasteiger partial charge < -0.3 is 15.0 Å². The van der Waals surface area contributed by atoms with E-state index in [2.05, 4.69) is 5.32 Å². The van der Waals surface area contributed by atoms with E-state index in [0.717, 1.165) is 11.3 Å². The number of hydrogen-bond acceptors (Lipinski definition) is 3. The molecule has 1 N–H and O–H groups in total. The normalized spacial score (nSPS) is 11.6. The number of nitrogens with one attached hydrogen (secondary N) is 1. The van der Waals surface area contributed by atoms with Gasteiger partial charge in [-0.2, -0.15) is 0 Å². The summed E-state index contributed by atoms with van der Waals surface area (Å²) < 4.78 is 5.07. The molecule has 1 aromatic carbocycles. The van der Waals surface area contributed by atoms with E-state index in [4.69, 9.17) is 4.74 Å². The molecule has 5 heteroatoms. The zero-order valence-corrected chi connectivity index (χ0v) is 12.5. The average molecular weight is 278 g/mol. The van der Waals surface area contributed by atoms with E-state index < -0.39 is 6.04 Å². The van der Waals surface area contributed by atoms with Crippen molar-refractivity contribution in [2.75, 3.05) is 21.2 Å². The molecule has 0 aliphatic rings. The third-order valence-corrected chi connectivity index (χ3v) is 2.99. The number of likely N-dealkylation sites (N-methyl/N-ethyl adjacent to an activating group) is 1. The van der Waals surface area contributed by atoms with Crippen LogP contribution < -0.4 is 10.1 Å². The number of amides is 2. The van der Waals surface area contributed by atoms with Gasteiger partial charge in [0.15, 0.2) is 0 Å². The topological polar surface area (TPSA) is 58.6 Å². The molecule has 20 heavy (non-hydrogen) atoms. The van der Waals surface area contributed by atoms with Gasteiger partial charge in [0, 0.05) is 20.5 Å². The van der Waals surface area contributed by atoms with Gasteiger partial charge in [-0.3, -0.25) is 9.59 Å². The van der Waals surface area contributed by atoms with Crippen LogP contribution in [0.4, 0.5) is 0 Å². The summed E-state index contributed by atoms with van der Waals surface area (Å²) in [4.78, 5) is 24.9. The molecule has 0 saturated heterocycles. The second-order valence-corrected chi connectivity index (χ2v) is 4.87. The number of carbonyl (C=O) groups is 2. The van der Waals surface area contributed by atoms with Crippen molar-refractivity contribution in [3.63, 3.8) is 0 Å². The molecule has 0 bridgehead atoms. The Hall–Kier alpha value is -2.04. The van der Waals surface area contributed by atoms with Crippen molar-refractivity contribution in [3.05, 3.63) is 29.8 Å². The number of methoxy groups -OCH3 is 1. The van der Waals surface area contributed by atoms with E-state index in [1.807, 2.05) is 24.3 Å². The lowest BCUT2D eigenvalue weighted by Gasteiger charge is -2.17. The van der Waals surface area contributed by atoms with Crippen LogP contribution >= 0.6 is 0 Å². The van der Waals surface area contributed by atoms with Crippen molar-refractivity contribution in [1.29, 1.82) is 0 Å². The maximum Gasteiger partial charge on any atom is 0.244 e. The van der Waals surface area contributed by atoms with Crippen molar-refractivity contribution in [1.82, 2.24) is 10.2 Å². The fourth-order valence-electron chi connectivity index (χ4n) is 1.81. The first-order chi connectivity index (χ1) is 9.43. The second kappa shape index (κ2) is 7.53. The van der Waals surface area contributed by atoms with Crippen molar-refractivity contribution >= 4 is 11.8 Å². The SMILES string of the molecule is COc1ccc(CCC(=O)N[C@@H](C)C(=O)N(C)C)cc1. The molecule has 1 aromatic rings. The van der Waals surface area contributed by atoms with Gasteiger partial charge in [0.1, 0.15) is 11.8 Å². The van der Waals surface area contributed by atoms with Crippen molar-refractivity contribution in [2.24, 2.45) is 0 Å². The molecule has 0 heterocycles. The molecule has 0 fully saturated rings. The lowest BCUT2D eigenvalue weighted by atomic mass is 10.1. The molecule has 1 rings (SSSR count). The summed E-state index contributed by atoms with van der Waals surface area (Å²) in [5.74, 6) is 0.565. The van der Waals surface area contributed by atoms with Crippen LogP contribution in [0.5, 0.6) is 5.75 Å². The summed E-state index contributed by atoms with van der Waals surface area (Å²) in [7, 11) is 4.95. The standard InChI is InChI=1S/C15H22N2O3/c1-11(15(19)17(2)3)16-14(18)10-7-12-5-8-13(20-4)9-6-12/h5-6,8-9,11H,7,10H2,1-4H3,(H,16,18)/t11-/m0/s1. The third-order valence-electron chi connectivity index (χ3n) is 2.99. The van der Waals surface area contributed by atoms with E-state index in [9.17, 15) is 9.59 Å². The minimum absolute atomic E-state index is 0.109. The summed E-state index contributed by atoms with van der Waals surface area (Å²) in [6.45, 7) is 1.69. The highest BCUT2D eigenvalue weighted by Crippen LogP contribution is 2.12. The Bertz CT molecular complexity index is 455. The molecule has 2 amide bonds. The first-order valence-electron chi connectivity index (χ1n) is 6.57. The van der Waals surface area contributed by atoms with Gasteiger partial charge in [0.25, 0.3) is 0 Å². The van der Waals surface area contributed by atoms with Gasteiger partial charge in [-0.05, 0) is 31.0 Å². The van der Waals surface area contributed by atoms with Crippen molar-refractivity contribution in [3.8, 4) is 5.75 Å². The number of rotatable bonds is 6. The number of aryl methyl sites for hydroxylation is 1. The van der Waals surface area contributed by atoms with Crippen LogP contribution in [0, 0.1) is 0 Å². The molecule has 110 valence electrons. The van der Waals surface area contributed by atoms with Gasteiger partial charge in [-0.15, -0.1) is 0 Å². The van der Waals surface area contributed by atoms with Crippen LogP contribution in [-0.4, -0.2) is 44.0 Å². The molecule has 0 saturated carbocycles. The smallest absolute Gasteiger partial charge is 0.244 e. The number of hydrogen-bond donors (Lipinski definition) is 1. The molecular formula is C15H22N2O3. The fraction of sp³-hybridized carbons (Fsp3) is 0.467. The predicted molar refractivity (Wildman–Crippen MR) is 77.6 cm³/mol. The third kappa shape index (κ3) is 4.91. The highest BCUT2D eigenvalue weighted by atomic mass is 16.5. The Morgan fingerprint density at radius 2 is 1.85 bits per heavy atom. The Morgan fingerprint density at radius 1 is 1.25 bits per heavy atom. The quantitative estimate of drug-likeness (QED) is 0.851. The van der Waals surface area contributed by atoms with E-state index in [-0.39, 0.29) is 11.8 Å². The van der Waals surface area contributed by atoms with Crippen molar-refractivity contribution < 1.29 is 14.3 Å². The van der Waals surface area contributed by atoms with E-state index in [1.165, 1.54) is 4.90 Å². The number of ether oxygens (including phenoxy) is 1. The van der Waals surface area contributed by atoms with Gasteiger partial charge in [0.05, 0.1) is 7.11 Å². The molecule has 0 aliphatic heterocycles. The van der Waals surface area contributed by atoms with Gasteiger partial charge >= 0.3 is 0 Å². The maximum atomic E-state index is 11.8. The Kier molecular flexibility index (Phi) is 6.03. The van der Waals surface area contributed by atoms with Gasteiger partial charge in [-0.25, -0.2) is 0 Å². The Morgan fingerprint density at radius 3 is 2.35 bits per heavy atom. The van der Waals surface area contributed by atoms with Crippen LogP contribution in [0.2, 0.25) is 0 Å². The fourth-order valence-corrected chi connectivity index (χ4v) is 1.81. The highest BCUT2D eigenvalue weighted by molar-refractivity contribution is 5.87. The lowest BCUT2D eigenvalue weighted by molar-refractivity contribution is -0.133. The largest absolute Gasteiger partial charge is 0.497 e. The van der Waals surface area contributed by atoms with E-state index >= 15 is 0 Å². The summed E-state index contributed by atoms with van der Waals surface area (Å²) in [6, 6.07) is 7.10. The molecular weight excluding hydrogens is 256 g/mol. The van der Waals surface area contributed by atoms with Crippen LogP contribution in [0.15, 0.2) is 24.3 Å². The predicted octanol–water partition coefficient (Wildman–Crippen LogP) is 1.22. The number of carbonyl (C=O) groups excluding carboxylic acids is 2. The monoisotopic (exact) mass is 278 g/mol. The minimum Gasteiger partial charge on any atom is -0.497 e. The molecule has 0 spiro atoms. The van der Waals surface area contributed by atoms with Gasteiger partial charge in [0.2, 0.25) is 11.8 Å². The Balaban J connectivity index is 2.41. The number of nitrogens with zero attached hydrogens (tertiary/aromatic N) is 1. The zero-order valence-electron chi connectivity index (χ0n) is 12.5. The molecule has 0 radical (unpaired) electrons. The Labute approximate surface area is 119 Å². The van der Waals surface area contributed by atoms with Crippen LogP contribution in [0.3, 0.4) is 0 Å². The van der Waals surface area contributed by atoms with Crippen molar-refractivity contribution in [2.45, 2.75) is 25.8 Å². The van der Waals surface area contributed by atoms with E-state index in [1.54, 1.807) is 28.1 Å². The minimum atomic E-state index is -0.492. The highest BCUT2D eigenvalue weighted by Gasteiger charge is 2.16. The van der Waals surface area contributed by atoms with Gasteiger partial charge in [-0.1, -0.05) is 12.1 Å². The zero-order chi connectivity index (χ0) is 15.1. The first kappa shape index (κ1) is 16.0. The lowest BCUT2D eigenvalue weighted by Crippen LogP contribution is -2.44. The molecule has 0 aromatic heterocycles. The average Bonchev–Trinajstić information content (AvgIpc) is 2.44. The number of benzene rings is 1. The molecule has 5 nitrogen and oxygen atoms in total. The molecule has 1 atom stereocenters. The summed E-state index contributed by atoms with van der Waals surface area (Å²) >= 11 is 0. The van der Waals surface area contributed by atoms with Crippen LogP contribution in [0.25, 0.3) is 0 Å². The first-order valence-corrected chi connectivity index (χ1v) is 6.57. The van der Waals surface area contributed by atoms with Crippen LogP contribution in [-0.2, 0) is 16.0 Å². The molecule has 0 unspecified atom stereocenters. The second-order valence-electron chi connectivity index (χ2n) is 4.87. The summed E-state index contributed by atoms with van der Waals surface area (Å²) in [5.41, 5.74) is 1.06. The molecule has 0 aliphatic carbocycles. The van der Waals surface area contributed by atoms with Crippen LogP contribution in [0.1, 0.15) is 18.9 Å². The maximum absolute atomic E-state index is 11.8.